The molecule has 2 aromatic rings. The lowest BCUT2D eigenvalue weighted by Crippen LogP contribution is -2.50. The van der Waals surface area contributed by atoms with Crippen molar-refractivity contribution in [2.45, 2.75) is 38.4 Å². The van der Waals surface area contributed by atoms with E-state index >= 15 is 0 Å². The third-order valence-corrected chi connectivity index (χ3v) is 5.71. The molecule has 1 fully saturated rings. The molecule has 1 aliphatic heterocycles. The fourth-order valence-corrected chi connectivity index (χ4v) is 4.76. The van der Waals surface area contributed by atoms with E-state index in [-0.39, 0.29) is 12.1 Å². The molecule has 4 rings (SSSR count). The van der Waals surface area contributed by atoms with Crippen molar-refractivity contribution in [3.63, 3.8) is 0 Å². The van der Waals surface area contributed by atoms with Gasteiger partial charge in [0.1, 0.15) is 17.0 Å². The number of esters is 1. The summed E-state index contributed by atoms with van der Waals surface area (Å²) in [5.41, 5.74) is 1.40. The lowest BCUT2D eigenvalue weighted by atomic mass is 10.1. The number of ether oxygens (including phenoxy) is 2. The predicted octanol–water partition coefficient (Wildman–Crippen LogP) is 1.95. The quantitative estimate of drug-likeness (QED) is 0.783. The van der Waals surface area contributed by atoms with Crippen LogP contribution in [-0.2, 0) is 27.1 Å². The van der Waals surface area contributed by atoms with Crippen LogP contribution in [0.15, 0.2) is 6.33 Å². The van der Waals surface area contributed by atoms with Crippen LogP contribution in [0, 0.1) is 0 Å². The van der Waals surface area contributed by atoms with Crippen LogP contribution in [0.2, 0.25) is 0 Å². The third kappa shape index (κ3) is 2.48. The van der Waals surface area contributed by atoms with Gasteiger partial charge >= 0.3 is 5.97 Å². The minimum Gasteiger partial charge on any atom is -0.467 e. The second kappa shape index (κ2) is 5.72. The minimum absolute atomic E-state index is 0.0513. The molecule has 0 N–H and O–H groups in total. The number of nitrogens with zero attached hydrogens (tertiary/aromatic N) is 3. The molecule has 3 heterocycles. The number of hydrogen-bond acceptors (Lipinski definition) is 7. The van der Waals surface area contributed by atoms with Gasteiger partial charge in [-0.05, 0) is 31.7 Å². The van der Waals surface area contributed by atoms with E-state index in [0.29, 0.717) is 13.1 Å². The molecule has 122 valence electrons. The van der Waals surface area contributed by atoms with Gasteiger partial charge in [0.2, 0.25) is 0 Å². The smallest absolute Gasteiger partial charge is 0.336 e. The zero-order valence-corrected chi connectivity index (χ0v) is 14.1. The summed E-state index contributed by atoms with van der Waals surface area (Å²) in [4.78, 5) is 25.5. The van der Waals surface area contributed by atoms with E-state index in [1.165, 1.54) is 29.4 Å². The van der Waals surface area contributed by atoms with Crippen LogP contribution in [0.4, 0.5) is 5.82 Å². The molecular weight excluding hydrogens is 314 g/mol. The Morgan fingerprint density at radius 1 is 1.39 bits per heavy atom. The summed E-state index contributed by atoms with van der Waals surface area (Å²) in [6.45, 7) is 3.15. The molecule has 6 nitrogen and oxygen atoms in total. The molecule has 2 aromatic heterocycles. The van der Waals surface area contributed by atoms with Gasteiger partial charge < -0.3 is 14.4 Å². The Bertz CT molecular complexity index is 760. The average Bonchev–Trinajstić information content (AvgIpc) is 3.13. The van der Waals surface area contributed by atoms with Crippen molar-refractivity contribution < 1.29 is 14.3 Å². The highest BCUT2D eigenvalue weighted by atomic mass is 32.1. The van der Waals surface area contributed by atoms with Crippen molar-refractivity contribution in [1.29, 1.82) is 0 Å². The molecule has 1 saturated heterocycles. The largest absolute Gasteiger partial charge is 0.467 e. The van der Waals surface area contributed by atoms with Gasteiger partial charge in [-0.3, -0.25) is 0 Å². The molecule has 1 aliphatic carbocycles. The van der Waals surface area contributed by atoms with E-state index < -0.39 is 6.10 Å². The Morgan fingerprint density at radius 3 is 3.09 bits per heavy atom. The Balaban J connectivity index is 1.75. The maximum Gasteiger partial charge on any atom is 0.336 e. The molecule has 2 atom stereocenters. The Morgan fingerprint density at radius 2 is 2.26 bits per heavy atom. The van der Waals surface area contributed by atoms with Crippen LogP contribution >= 0.6 is 11.3 Å². The van der Waals surface area contributed by atoms with Crippen LogP contribution in [0.5, 0.6) is 0 Å². The molecular formula is C16H19N3O3S. The number of carbonyl (C=O) groups is 1. The van der Waals surface area contributed by atoms with Crippen LogP contribution in [-0.4, -0.2) is 48.3 Å². The summed E-state index contributed by atoms with van der Waals surface area (Å²) in [5, 5.41) is 1.17. The molecule has 1 unspecified atom stereocenters. The monoisotopic (exact) mass is 333 g/mol. The number of fused-ring (bicyclic) bond motifs is 3. The van der Waals surface area contributed by atoms with E-state index in [9.17, 15) is 4.79 Å². The maximum atomic E-state index is 11.9. The first-order valence-corrected chi connectivity index (χ1v) is 8.72. The zero-order valence-electron chi connectivity index (χ0n) is 13.2. The van der Waals surface area contributed by atoms with Crippen molar-refractivity contribution in [2.75, 3.05) is 25.1 Å². The summed E-state index contributed by atoms with van der Waals surface area (Å²) in [5.74, 6) is 0.598. The molecule has 0 radical (unpaired) electrons. The zero-order chi connectivity index (χ0) is 16.0. The third-order valence-electron chi connectivity index (χ3n) is 4.51. The van der Waals surface area contributed by atoms with Gasteiger partial charge in [0.05, 0.1) is 25.1 Å². The normalized spacial score (nSPS) is 24.0. The fourth-order valence-electron chi connectivity index (χ4n) is 3.54. The minimum atomic E-state index is -0.569. The highest BCUT2D eigenvalue weighted by molar-refractivity contribution is 7.19. The van der Waals surface area contributed by atoms with Gasteiger partial charge in [0.15, 0.2) is 6.10 Å². The molecule has 0 amide bonds. The molecule has 0 saturated carbocycles. The second-order valence-corrected chi connectivity index (χ2v) is 7.18. The van der Waals surface area contributed by atoms with E-state index in [2.05, 4.69) is 14.9 Å². The average molecular weight is 333 g/mol. The lowest BCUT2D eigenvalue weighted by molar-refractivity contribution is -0.158. The SMILES string of the molecule is COC(=O)C1CN(c2ncnc3sc4c(c23)CCC4)C[C@@H](C)O1. The first-order chi connectivity index (χ1) is 11.2. The second-order valence-electron chi connectivity index (χ2n) is 6.10. The van der Waals surface area contributed by atoms with Crippen molar-refractivity contribution in [3.8, 4) is 0 Å². The topological polar surface area (TPSA) is 64.5 Å². The van der Waals surface area contributed by atoms with E-state index in [4.69, 9.17) is 9.47 Å². The summed E-state index contributed by atoms with van der Waals surface area (Å²) in [7, 11) is 1.39. The van der Waals surface area contributed by atoms with Gasteiger partial charge in [-0.25, -0.2) is 14.8 Å². The number of hydrogen-bond donors (Lipinski definition) is 0. The maximum absolute atomic E-state index is 11.9. The van der Waals surface area contributed by atoms with Gasteiger partial charge in [-0.15, -0.1) is 11.3 Å². The van der Waals surface area contributed by atoms with Crippen LogP contribution in [0.1, 0.15) is 23.8 Å². The Kier molecular flexibility index (Phi) is 3.69. The van der Waals surface area contributed by atoms with Crippen molar-refractivity contribution in [1.82, 2.24) is 9.97 Å². The predicted molar refractivity (Wildman–Crippen MR) is 88.0 cm³/mol. The standard InChI is InChI=1S/C16H19N3O3S/c1-9-6-19(7-11(22-9)16(20)21-2)14-13-10-4-3-5-12(10)23-15(13)18-8-17-14/h8-9,11H,3-7H2,1-2H3/t9-,11?/m1/s1. The highest BCUT2D eigenvalue weighted by Gasteiger charge is 2.33. The lowest BCUT2D eigenvalue weighted by Gasteiger charge is -2.36. The Labute approximate surface area is 138 Å². The number of rotatable bonds is 2. The molecule has 0 aromatic carbocycles. The number of carbonyl (C=O) groups excluding carboxylic acids is 1. The van der Waals surface area contributed by atoms with Crippen molar-refractivity contribution in [3.05, 3.63) is 16.8 Å². The number of methoxy groups -OCH3 is 1. The number of anilines is 1. The van der Waals surface area contributed by atoms with Gasteiger partial charge in [-0.2, -0.15) is 0 Å². The van der Waals surface area contributed by atoms with Gasteiger partial charge in [0, 0.05) is 11.4 Å². The Hall–Kier alpha value is -1.73. The first-order valence-electron chi connectivity index (χ1n) is 7.91. The summed E-state index contributed by atoms with van der Waals surface area (Å²) in [6.07, 6.45) is 4.44. The first kappa shape index (κ1) is 14.8. The summed E-state index contributed by atoms with van der Waals surface area (Å²) >= 11 is 1.78. The van der Waals surface area contributed by atoms with Gasteiger partial charge in [0.25, 0.3) is 0 Å². The number of morpholine rings is 1. The molecule has 2 aliphatic rings. The van der Waals surface area contributed by atoms with Gasteiger partial charge in [-0.1, -0.05) is 0 Å². The molecule has 0 bridgehead atoms. The number of thiophene rings is 1. The summed E-state index contributed by atoms with van der Waals surface area (Å²) in [6, 6.07) is 0. The molecule has 7 heteroatoms. The van der Waals surface area contributed by atoms with Crippen LogP contribution in [0.3, 0.4) is 0 Å². The van der Waals surface area contributed by atoms with Crippen LogP contribution < -0.4 is 4.90 Å². The van der Waals surface area contributed by atoms with Crippen LogP contribution in [0.25, 0.3) is 10.2 Å². The van der Waals surface area contributed by atoms with E-state index in [0.717, 1.165) is 23.5 Å². The van der Waals surface area contributed by atoms with E-state index in [1.807, 2.05) is 6.92 Å². The summed E-state index contributed by atoms with van der Waals surface area (Å²) < 4.78 is 10.6. The number of aromatic nitrogens is 2. The highest BCUT2D eigenvalue weighted by Crippen LogP contribution is 2.40. The van der Waals surface area contributed by atoms with Crippen molar-refractivity contribution >= 4 is 33.3 Å². The molecule has 23 heavy (non-hydrogen) atoms. The number of aryl methyl sites for hydroxylation is 2. The fraction of sp³-hybridized carbons (Fsp3) is 0.562. The van der Waals surface area contributed by atoms with E-state index in [1.54, 1.807) is 17.7 Å². The van der Waals surface area contributed by atoms with Crippen molar-refractivity contribution in [2.24, 2.45) is 0 Å². The molecule has 0 spiro atoms.